The van der Waals surface area contributed by atoms with E-state index in [1.807, 2.05) is 0 Å². The molecular weight excluding hydrogens is 548 g/mol. The first-order valence-corrected chi connectivity index (χ1v) is 12.4. The smallest absolute Gasteiger partial charge is 0.363 e. The van der Waals surface area contributed by atoms with Crippen molar-refractivity contribution in [3.05, 3.63) is 113 Å². The fraction of sp³-hybridized carbons (Fsp3) is 0.111. The summed E-state index contributed by atoms with van der Waals surface area (Å²) < 4.78 is 1.05. The molecule has 42 heavy (non-hydrogen) atoms. The molecule has 2 amide bonds. The lowest BCUT2D eigenvalue weighted by Crippen LogP contribution is -2.36. The van der Waals surface area contributed by atoms with Crippen LogP contribution in [0.1, 0.15) is 48.0 Å². The Labute approximate surface area is 234 Å². The number of nitrogen functional groups attached to an aromatic ring is 1. The highest BCUT2D eigenvalue weighted by Crippen LogP contribution is 2.19. The average molecular weight is 571 g/mol. The topological polar surface area (TPSA) is 231 Å². The summed E-state index contributed by atoms with van der Waals surface area (Å²) >= 11 is 0. The Hall–Kier alpha value is -6.12. The summed E-state index contributed by atoms with van der Waals surface area (Å²) in [6.45, 7) is 1.71. The van der Waals surface area contributed by atoms with E-state index in [0.717, 1.165) is 4.52 Å². The highest BCUT2D eigenvalue weighted by Gasteiger charge is 2.20. The minimum Gasteiger partial charge on any atom is -0.478 e. The van der Waals surface area contributed by atoms with Gasteiger partial charge in [-0.05, 0) is 41.8 Å². The lowest BCUT2D eigenvalue weighted by Gasteiger charge is -2.12. The summed E-state index contributed by atoms with van der Waals surface area (Å²) in [6.07, 6.45) is 0. The van der Waals surface area contributed by atoms with E-state index < -0.39 is 34.3 Å². The summed E-state index contributed by atoms with van der Waals surface area (Å²) in [5.74, 6) is -2.57. The molecule has 0 spiro atoms. The van der Waals surface area contributed by atoms with Crippen LogP contribution in [0.3, 0.4) is 0 Å². The van der Waals surface area contributed by atoms with Gasteiger partial charge < -0.3 is 26.8 Å². The molecule has 0 unspecified atom stereocenters. The Morgan fingerprint density at radius 1 is 0.929 bits per heavy atom. The number of carboxylic acid groups (broad SMARTS) is 1. The lowest BCUT2D eigenvalue weighted by atomic mass is 10.1. The van der Waals surface area contributed by atoms with Crippen LogP contribution in [0.15, 0.2) is 62.9 Å². The van der Waals surface area contributed by atoms with Crippen molar-refractivity contribution in [1.29, 1.82) is 0 Å². The summed E-state index contributed by atoms with van der Waals surface area (Å²) in [4.78, 5) is 80.0. The SMILES string of the molecule is Cc1cc(CNC(=O)c2cc(C(=O)NCc3cccc(Nc4c(N)c(=O)c4=O)c3)nc3nc(=O)[nH]n23)ccc1C(=O)O. The van der Waals surface area contributed by atoms with E-state index in [0.29, 0.717) is 22.4 Å². The molecule has 0 bridgehead atoms. The van der Waals surface area contributed by atoms with Gasteiger partial charge in [0.1, 0.15) is 22.8 Å². The Bertz CT molecular complexity index is 2040. The molecule has 15 nitrogen and oxygen atoms in total. The largest absolute Gasteiger partial charge is 0.478 e. The molecule has 0 radical (unpaired) electrons. The molecule has 0 saturated heterocycles. The van der Waals surface area contributed by atoms with Gasteiger partial charge in [0.25, 0.3) is 28.4 Å². The molecule has 0 atom stereocenters. The number of aryl methyl sites for hydroxylation is 1. The van der Waals surface area contributed by atoms with Crippen molar-refractivity contribution < 1.29 is 19.5 Å². The number of rotatable bonds is 9. The zero-order valence-electron chi connectivity index (χ0n) is 21.8. The molecule has 15 heteroatoms. The van der Waals surface area contributed by atoms with Crippen molar-refractivity contribution in [2.45, 2.75) is 20.0 Å². The predicted molar refractivity (Wildman–Crippen MR) is 150 cm³/mol. The minimum atomic E-state index is -1.06. The number of nitrogens with two attached hydrogens (primary N) is 1. The third-order valence-corrected chi connectivity index (χ3v) is 6.38. The summed E-state index contributed by atoms with van der Waals surface area (Å²) in [7, 11) is 0. The normalized spacial score (nSPS) is 11.0. The fourth-order valence-electron chi connectivity index (χ4n) is 4.23. The number of nitrogens with one attached hydrogen (secondary N) is 4. The number of fused-ring (bicyclic) bond motifs is 1. The Morgan fingerprint density at radius 2 is 1.64 bits per heavy atom. The van der Waals surface area contributed by atoms with Crippen LogP contribution in [0.25, 0.3) is 5.78 Å². The number of carboxylic acids is 1. The van der Waals surface area contributed by atoms with Gasteiger partial charge in [0.15, 0.2) is 0 Å². The van der Waals surface area contributed by atoms with Crippen LogP contribution in [0.5, 0.6) is 0 Å². The predicted octanol–water partition coefficient (Wildman–Crippen LogP) is 0.206. The zero-order chi connectivity index (χ0) is 30.1. The van der Waals surface area contributed by atoms with Crippen LogP contribution in [0.2, 0.25) is 0 Å². The molecule has 7 N–H and O–H groups in total. The van der Waals surface area contributed by atoms with Gasteiger partial charge in [-0.3, -0.25) is 19.2 Å². The van der Waals surface area contributed by atoms with E-state index in [1.54, 1.807) is 43.3 Å². The van der Waals surface area contributed by atoms with Crippen molar-refractivity contribution in [3.8, 4) is 0 Å². The first-order chi connectivity index (χ1) is 20.0. The summed E-state index contributed by atoms with van der Waals surface area (Å²) in [5.41, 5.74) is 5.28. The van der Waals surface area contributed by atoms with Crippen LogP contribution < -0.4 is 38.2 Å². The van der Waals surface area contributed by atoms with Crippen molar-refractivity contribution in [2.75, 3.05) is 11.1 Å². The van der Waals surface area contributed by atoms with Crippen molar-refractivity contribution in [1.82, 2.24) is 30.2 Å². The number of hydrogen-bond donors (Lipinski definition) is 6. The first-order valence-electron chi connectivity index (χ1n) is 12.4. The molecule has 3 aromatic carbocycles. The minimum absolute atomic E-state index is 0.00569. The zero-order valence-corrected chi connectivity index (χ0v) is 21.8. The van der Waals surface area contributed by atoms with Gasteiger partial charge in [-0.25, -0.2) is 24.2 Å². The molecule has 0 fully saturated rings. The highest BCUT2D eigenvalue weighted by atomic mass is 16.4. The van der Waals surface area contributed by atoms with Crippen molar-refractivity contribution in [3.63, 3.8) is 0 Å². The van der Waals surface area contributed by atoms with Crippen LogP contribution in [-0.2, 0) is 13.1 Å². The Morgan fingerprint density at radius 3 is 2.33 bits per heavy atom. The maximum Gasteiger partial charge on any atom is 0.363 e. The number of aromatic nitrogens is 4. The number of carbonyl (C=O) groups excluding carboxylic acids is 2. The number of aromatic carboxylic acids is 1. The van der Waals surface area contributed by atoms with E-state index >= 15 is 0 Å². The second-order valence-corrected chi connectivity index (χ2v) is 9.28. The lowest BCUT2D eigenvalue weighted by molar-refractivity contribution is 0.0695. The number of benzene rings is 2. The van der Waals surface area contributed by atoms with Crippen molar-refractivity contribution >= 4 is 40.6 Å². The first kappa shape index (κ1) is 27.4. The second-order valence-electron chi connectivity index (χ2n) is 9.28. The number of carbonyl (C=O) groups is 3. The number of aromatic amines is 1. The Kier molecular flexibility index (Phi) is 7.06. The van der Waals surface area contributed by atoms with Gasteiger partial charge in [0.2, 0.25) is 0 Å². The molecule has 0 aliphatic carbocycles. The molecule has 212 valence electrons. The van der Waals surface area contributed by atoms with Gasteiger partial charge in [0.05, 0.1) is 5.56 Å². The third-order valence-electron chi connectivity index (χ3n) is 6.38. The van der Waals surface area contributed by atoms with Crippen LogP contribution in [0.4, 0.5) is 17.1 Å². The number of hydrogen-bond acceptors (Lipinski definition) is 10. The monoisotopic (exact) mass is 570 g/mol. The molecule has 0 aliphatic rings. The van der Waals surface area contributed by atoms with E-state index in [2.05, 4.69) is 31.0 Å². The van der Waals surface area contributed by atoms with E-state index in [1.165, 1.54) is 12.1 Å². The van der Waals surface area contributed by atoms with Crippen LogP contribution >= 0.6 is 0 Å². The molecule has 0 saturated carbocycles. The standard InChI is InChI=1S/C27H22N8O7/c1-12-7-14(5-6-16(12)25(40)41)11-30-24(39)18-9-17(32-26-33-27(42)34-35(18)26)23(38)29-10-13-3-2-4-15(8-13)31-20-19(28)21(36)22(20)37/h2-9,31H,10-11,28H2,1H3,(H,29,38)(H,30,39)(H,34,42)(H,40,41). The maximum absolute atomic E-state index is 13.1. The van der Waals surface area contributed by atoms with Gasteiger partial charge in [-0.1, -0.05) is 24.3 Å². The quantitative estimate of drug-likeness (QED) is 0.131. The van der Waals surface area contributed by atoms with Gasteiger partial charge in [-0.2, -0.15) is 4.98 Å². The van der Waals surface area contributed by atoms with Crippen LogP contribution in [0, 0.1) is 6.92 Å². The average Bonchev–Trinajstić information content (AvgIpc) is 3.36. The fourth-order valence-corrected chi connectivity index (χ4v) is 4.23. The molecular formula is C27H22N8O7. The highest BCUT2D eigenvalue weighted by molar-refractivity contribution is 5.98. The van der Waals surface area contributed by atoms with Crippen molar-refractivity contribution in [2.24, 2.45) is 0 Å². The number of H-pyrrole nitrogens is 1. The Balaban J connectivity index is 1.31. The van der Waals surface area contributed by atoms with Gasteiger partial charge in [-0.15, -0.1) is 0 Å². The van der Waals surface area contributed by atoms with Gasteiger partial charge >= 0.3 is 11.7 Å². The number of anilines is 3. The molecule has 5 rings (SSSR count). The molecule has 0 aliphatic heterocycles. The molecule has 2 heterocycles. The number of nitrogens with zero attached hydrogens (tertiary/aromatic N) is 3. The molecule has 2 aromatic heterocycles. The second kappa shape index (κ2) is 10.8. The summed E-state index contributed by atoms with van der Waals surface area (Å²) in [5, 5.41) is 19.7. The number of amides is 2. The maximum atomic E-state index is 13.1. The van der Waals surface area contributed by atoms with Gasteiger partial charge in [0, 0.05) is 24.8 Å². The van der Waals surface area contributed by atoms with Crippen LogP contribution in [-0.4, -0.2) is 42.5 Å². The summed E-state index contributed by atoms with van der Waals surface area (Å²) in [6, 6.07) is 12.5. The van der Waals surface area contributed by atoms with E-state index in [4.69, 9.17) is 5.73 Å². The third kappa shape index (κ3) is 5.33. The van der Waals surface area contributed by atoms with E-state index in [-0.39, 0.29) is 47.2 Å². The molecule has 5 aromatic rings. The van der Waals surface area contributed by atoms with E-state index in [9.17, 15) is 33.9 Å².